The lowest BCUT2D eigenvalue weighted by molar-refractivity contribution is -0.387. The second-order valence-electron chi connectivity index (χ2n) is 2.27. The molecule has 0 aliphatic carbocycles. The molecule has 6 heteroatoms. The van der Waals surface area contributed by atoms with Crippen molar-refractivity contribution in [3.63, 3.8) is 0 Å². The number of nitro benzene ring substituents is 1. The molecule has 5 nitrogen and oxygen atoms in total. The normalized spacial score (nSPS) is 9.62. The minimum absolute atomic E-state index is 0.0180. The van der Waals surface area contributed by atoms with Gasteiger partial charge in [-0.15, -0.1) is 12.6 Å². The molecule has 0 aliphatic heterocycles. The first-order valence-corrected chi connectivity index (χ1v) is 3.68. The molecule has 0 fully saturated rings. The van der Waals surface area contributed by atoms with Gasteiger partial charge in [0.15, 0.2) is 0 Å². The maximum absolute atomic E-state index is 10.4. The molecule has 0 atom stereocenters. The van der Waals surface area contributed by atoms with E-state index in [0.29, 0.717) is 0 Å². The monoisotopic (exact) mass is 199 g/mol. The molecule has 0 saturated carbocycles. The van der Waals surface area contributed by atoms with Crippen LogP contribution in [-0.4, -0.2) is 16.0 Å². The summed E-state index contributed by atoms with van der Waals surface area (Å²) < 4.78 is 0. The van der Waals surface area contributed by atoms with Crippen LogP contribution in [0.5, 0.6) is 0 Å². The van der Waals surface area contributed by atoms with Crippen LogP contribution in [0.1, 0.15) is 10.4 Å². The van der Waals surface area contributed by atoms with Gasteiger partial charge < -0.3 is 5.11 Å². The molecular formula is C7H5NO4S. The Kier molecular flexibility index (Phi) is 2.52. The van der Waals surface area contributed by atoms with Gasteiger partial charge in [-0.3, -0.25) is 10.1 Å². The van der Waals surface area contributed by atoms with Crippen LogP contribution < -0.4 is 0 Å². The van der Waals surface area contributed by atoms with Crippen LogP contribution >= 0.6 is 12.6 Å². The number of carboxylic acids is 1. The highest BCUT2D eigenvalue weighted by Crippen LogP contribution is 2.23. The largest absolute Gasteiger partial charge is 0.478 e. The summed E-state index contributed by atoms with van der Waals surface area (Å²) in [6, 6.07) is 3.43. The first-order chi connectivity index (χ1) is 6.02. The van der Waals surface area contributed by atoms with E-state index in [-0.39, 0.29) is 16.1 Å². The summed E-state index contributed by atoms with van der Waals surface area (Å²) in [7, 11) is 0. The molecule has 0 aromatic heterocycles. The Hall–Kier alpha value is -1.56. The SMILES string of the molecule is O=C(O)c1ccc([N+](=O)[O-])c(S)c1. The van der Waals surface area contributed by atoms with Gasteiger partial charge >= 0.3 is 5.97 Å². The van der Waals surface area contributed by atoms with Gasteiger partial charge in [0.25, 0.3) is 5.69 Å². The fourth-order valence-corrected chi connectivity index (χ4v) is 1.11. The van der Waals surface area contributed by atoms with Gasteiger partial charge in [0.1, 0.15) is 0 Å². The van der Waals surface area contributed by atoms with E-state index >= 15 is 0 Å². The highest BCUT2D eigenvalue weighted by atomic mass is 32.1. The number of nitro groups is 1. The van der Waals surface area contributed by atoms with Gasteiger partial charge in [-0.2, -0.15) is 0 Å². The number of nitrogens with zero attached hydrogens (tertiary/aromatic N) is 1. The summed E-state index contributed by atoms with van der Waals surface area (Å²) in [5, 5.41) is 18.8. The average Bonchev–Trinajstić information content (AvgIpc) is 2.03. The van der Waals surface area contributed by atoms with Gasteiger partial charge in [-0.1, -0.05) is 0 Å². The molecule has 1 rings (SSSR count). The summed E-state index contributed by atoms with van der Waals surface area (Å²) in [5.74, 6) is -1.13. The molecule has 1 aromatic rings. The number of carboxylic acid groups (broad SMARTS) is 1. The van der Waals surface area contributed by atoms with Crippen molar-refractivity contribution >= 4 is 24.3 Å². The predicted molar refractivity (Wildman–Crippen MR) is 47.3 cm³/mol. The smallest absolute Gasteiger partial charge is 0.335 e. The average molecular weight is 199 g/mol. The minimum atomic E-state index is -1.13. The number of aromatic carboxylic acids is 1. The summed E-state index contributed by atoms with van der Waals surface area (Å²) in [5.41, 5.74) is -0.219. The molecule has 0 amide bonds. The van der Waals surface area contributed by atoms with E-state index in [1.165, 1.54) is 6.07 Å². The molecular weight excluding hydrogens is 194 g/mol. The maximum atomic E-state index is 10.4. The van der Waals surface area contributed by atoms with Gasteiger partial charge in [0, 0.05) is 6.07 Å². The first-order valence-electron chi connectivity index (χ1n) is 3.23. The predicted octanol–water partition coefficient (Wildman–Crippen LogP) is 1.58. The zero-order valence-electron chi connectivity index (χ0n) is 6.30. The van der Waals surface area contributed by atoms with E-state index in [4.69, 9.17) is 5.11 Å². The van der Waals surface area contributed by atoms with Crippen LogP contribution in [0, 0.1) is 10.1 Å². The van der Waals surface area contributed by atoms with Crippen molar-refractivity contribution in [3.8, 4) is 0 Å². The second-order valence-corrected chi connectivity index (χ2v) is 2.75. The van der Waals surface area contributed by atoms with Gasteiger partial charge in [0.05, 0.1) is 15.4 Å². The quantitative estimate of drug-likeness (QED) is 0.430. The number of thiol groups is 1. The van der Waals surface area contributed by atoms with Crippen LogP contribution in [0.4, 0.5) is 5.69 Å². The van der Waals surface area contributed by atoms with Crippen LogP contribution in [-0.2, 0) is 0 Å². The molecule has 0 aliphatic rings. The molecule has 0 bridgehead atoms. The van der Waals surface area contributed by atoms with Crippen molar-refractivity contribution < 1.29 is 14.8 Å². The fraction of sp³-hybridized carbons (Fsp3) is 0. The number of benzene rings is 1. The van der Waals surface area contributed by atoms with Crippen LogP contribution in [0.25, 0.3) is 0 Å². The zero-order valence-corrected chi connectivity index (χ0v) is 7.19. The Balaban J connectivity index is 3.20. The lowest BCUT2D eigenvalue weighted by Gasteiger charge is -1.97. The third-order valence-electron chi connectivity index (χ3n) is 1.42. The third-order valence-corrected chi connectivity index (χ3v) is 1.78. The van der Waals surface area contributed by atoms with Crippen molar-refractivity contribution in [1.29, 1.82) is 0 Å². The molecule has 13 heavy (non-hydrogen) atoms. The van der Waals surface area contributed by atoms with E-state index in [0.717, 1.165) is 12.1 Å². The standard InChI is InChI=1S/C7H5NO4S/c9-7(10)4-1-2-5(8(11)12)6(13)3-4/h1-3,13H,(H,9,10). The number of carbonyl (C=O) groups is 1. The second kappa shape index (κ2) is 3.44. The topological polar surface area (TPSA) is 80.4 Å². The number of hydrogen-bond acceptors (Lipinski definition) is 4. The molecule has 1 aromatic carbocycles. The van der Waals surface area contributed by atoms with Crippen molar-refractivity contribution in [2.75, 3.05) is 0 Å². The van der Waals surface area contributed by atoms with Gasteiger partial charge in [-0.05, 0) is 12.1 Å². The van der Waals surface area contributed by atoms with Crippen molar-refractivity contribution in [2.24, 2.45) is 0 Å². The summed E-state index contributed by atoms with van der Waals surface area (Å²) in [4.78, 5) is 20.2. The molecule has 1 N–H and O–H groups in total. The molecule has 0 unspecified atom stereocenters. The summed E-state index contributed by atoms with van der Waals surface area (Å²) in [6.07, 6.45) is 0. The Labute approximate surface area is 78.6 Å². The van der Waals surface area contributed by atoms with E-state index in [9.17, 15) is 14.9 Å². The highest BCUT2D eigenvalue weighted by molar-refractivity contribution is 7.80. The van der Waals surface area contributed by atoms with E-state index in [1.807, 2.05) is 0 Å². The molecule has 68 valence electrons. The molecule has 0 heterocycles. The lowest BCUT2D eigenvalue weighted by Crippen LogP contribution is -1.97. The third kappa shape index (κ3) is 1.97. The van der Waals surface area contributed by atoms with Gasteiger partial charge in [0.2, 0.25) is 0 Å². The Morgan fingerprint density at radius 3 is 2.54 bits per heavy atom. The van der Waals surface area contributed by atoms with E-state index in [1.54, 1.807) is 0 Å². The lowest BCUT2D eigenvalue weighted by atomic mass is 10.2. The molecule has 0 radical (unpaired) electrons. The molecule has 0 saturated heterocycles. The van der Waals surface area contributed by atoms with Crippen molar-refractivity contribution in [2.45, 2.75) is 4.90 Å². The number of hydrogen-bond donors (Lipinski definition) is 2. The first kappa shape index (κ1) is 9.53. The zero-order chi connectivity index (χ0) is 10.0. The Bertz CT molecular complexity index is 377. The van der Waals surface area contributed by atoms with Crippen molar-refractivity contribution in [3.05, 3.63) is 33.9 Å². The highest BCUT2D eigenvalue weighted by Gasteiger charge is 2.13. The minimum Gasteiger partial charge on any atom is -0.478 e. The maximum Gasteiger partial charge on any atom is 0.335 e. The van der Waals surface area contributed by atoms with Crippen LogP contribution in [0.3, 0.4) is 0 Å². The van der Waals surface area contributed by atoms with Crippen LogP contribution in [0.2, 0.25) is 0 Å². The molecule has 0 spiro atoms. The Morgan fingerprint density at radius 1 is 1.54 bits per heavy atom. The van der Waals surface area contributed by atoms with Crippen molar-refractivity contribution in [1.82, 2.24) is 0 Å². The van der Waals surface area contributed by atoms with Crippen LogP contribution in [0.15, 0.2) is 23.1 Å². The Morgan fingerprint density at radius 2 is 2.15 bits per heavy atom. The van der Waals surface area contributed by atoms with Gasteiger partial charge in [-0.25, -0.2) is 4.79 Å². The summed E-state index contributed by atoms with van der Waals surface area (Å²) in [6.45, 7) is 0. The van der Waals surface area contributed by atoms with E-state index in [2.05, 4.69) is 12.6 Å². The number of rotatable bonds is 2. The fourth-order valence-electron chi connectivity index (χ4n) is 0.811. The van der Waals surface area contributed by atoms with E-state index < -0.39 is 10.9 Å². The summed E-state index contributed by atoms with van der Waals surface area (Å²) >= 11 is 3.80.